The van der Waals surface area contributed by atoms with Crippen LogP contribution in [0.4, 0.5) is 5.69 Å². The van der Waals surface area contributed by atoms with Crippen molar-refractivity contribution in [2.45, 2.75) is 33.1 Å². The number of nitrogens with zero attached hydrogens (tertiary/aromatic N) is 1. The largest absolute Gasteiger partial charge is 0.427 e. The van der Waals surface area contributed by atoms with E-state index in [1.54, 1.807) is 24.3 Å². The van der Waals surface area contributed by atoms with E-state index in [-0.39, 0.29) is 23.7 Å². The van der Waals surface area contributed by atoms with E-state index in [4.69, 9.17) is 4.74 Å². The first kappa shape index (κ1) is 14.8. The second kappa shape index (κ2) is 5.55. The summed E-state index contributed by atoms with van der Waals surface area (Å²) in [6.45, 7) is 3.46. The van der Waals surface area contributed by atoms with Gasteiger partial charge in [0.05, 0.1) is 17.5 Å². The number of hydrogen-bond donors (Lipinski definition) is 0. The first-order chi connectivity index (χ1) is 10.5. The van der Waals surface area contributed by atoms with Gasteiger partial charge in [-0.25, -0.2) is 0 Å². The molecule has 5 heteroatoms. The van der Waals surface area contributed by atoms with Gasteiger partial charge in [0.1, 0.15) is 5.75 Å². The number of anilines is 1. The number of ether oxygens (including phenoxy) is 1. The average molecular weight is 301 g/mol. The molecule has 22 heavy (non-hydrogen) atoms. The number of hydrogen-bond acceptors (Lipinski definition) is 4. The number of carbonyl (C=O) groups is 3. The summed E-state index contributed by atoms with van der Waals surface area (Å²) in [5.41, 5.74) is 0.549. The smallest absolute Gasteiger partial charge is 0.308 e. The lowest BCUT2D eigenvalue weighted by Gasteiger charge is -2.25. The summed E-state index contributed by atoms with van der Waals surface area (Å²) in [4.78, 5) is 37.3. The van der Waals surface area contributed by atoms with Crippen LogP contribution in [0.25, 0.3) is 0 Å². The van der Waals surface area contributed by atoms with Crippen LogP contribution in [0.5, 0.6) is 5.75 Å². The first-order valence-corrected chi connectivity index (χ1v) is 7.63. The van der Waals surface area contributed by atoms with Crippen molar-refractivity contribution in [3.63, 3.8) is 0 Å². The Morgan fingerprint density at radius 1 is 1.09 bits per heavy atom. The average Bonchev–Trinajstić information content (AvgIpc) is 2.71. The minimum Gasteiger partial charge on any atom is -0.427 e. The second-order valence-electron chi connectivity index (χ2n) is 6.23. The van der Waals surface area contributed by atoms with Crippen molar-refractivity contribution in [3.05, 3.63) is 24.3 Å². The van der Waals surface area contributed by atoms with Gasteiger partial charge in [0.25, 0.3) is 0 Å². The van der Waals surface area contributed by atoms with Crippen molar-refractivity contribution in [1.29, 1.82) is 0 Å². The highest BCUT2D eigenvalue weighted by Crippen LogP contribution is 2.42. The van der Waals surface area contributed by atoms with Crippen LogP contribution in [-0.4, -0.2) is 17.8 Å². The molecule has 0 spiro atoms. The summed E-state index contributed by atoms with van der Waals surface area (Å²) in [5.74, 6) is -0.0445. The zero-order valence-electron chi connectivity index (χ0n) is 12.7. The van der Waals surface area contributed by atoms with Crippen molar-refractivity contribution in [1.82, 2.24) is 0 Å². The molecule has 0 aromatic heterocycles. The highest BCUT2D eigenvalue weighted by Gasteiger charge is 2.49. The lowest BCUT2D eigenvalue weighted by Crippen LogP contribution is -2.30. The monoisotopic (exact) mass is 301 g/mol. The van der Waals surface area contributed by atoms with E-state index in [2.05, 4.69) is 6.92 Å². The van der Waals surface area contributed by atoms with Gasteiger partial charge in [-0.2, -0.15) is 0 Å². The fraction of sp³-hybridized carbons (Fsp3) is 0.471. The zero-order chi connectivity index (χ0) is 15.9. The van der Waals surface area contributed by atoms with Gasteiger partial charge in [0.2, 0.25) is 11.8 Å². The predicted octanol–water partition coefficient (Wildman–Crippen LogP) is 2.54. The fourth-order valence-electron chi connectivity index (χ4n) is 3.47. The number of benzene rings is 1. The van der Waals surface area contributed by atoms with E-state index in [0.717, 1.165) is 19.3 Å². The van der Waals surface area contributed by atoms with Crippen LogP contribution in [0, 0.1) is 17.8 Å². The Morgan fingerprint density at radius 2 is 1.73 bits per heavy atom. The summed E-state index contributed by atoms with van der Waals surface area (Å²) in [6.07, 6.45) is 2.58. The topological polar surface area (TPSA) is 63.7 Å². The molecule has 1 heterocycles. The standard InChI is InChI=1S/C17H19NO4/c1-10-3-8-14-15(9-10)17(21)18(16(14)20)12-4-6-13(7-5-12)22-11(2)19/h4-7,10,14-15H,3,8-9H2,1-2H3/t10-,14+,15-/m0/s1. The van der Waals surface area contributed by atoms with E-state index < -0.39 is 5.97 Å². The summed E-state index contributed by atoms with van der Waals surface area (Å²) in [6, 6.07) is 6.49. The minimum atomic E-state index is -0.402. The molecule has 1 aliphatic heterocycles. The highest BCUT2D eigenvalue weighted by molar-refractivity contribution is 6.22. The number of esters is 1. The third-order valence-corrected chi connectivity index (χ3v) is 4.54. The number of imide groups is 1. The molecule has 1 aromatic rings. The fourth-order valence-corrected chi connectivity index (χ4v) is 3.47. The number of amides is 2. The van der Waals surface area contributed by atoms with Crippen LogP contribution in [-0.2, 0) is 14.4 Å². The lowest BCUT2D eigenvalue weighted by atomic mass is 9.76. The summed E-state index contributed by atoms with van der Waals surface area (Å²) in [7, 11) is 0. The van der Waals surface area contributed by atoms with Gasteiger partial charge in [0, 0.05) is 6.92 Å². The maximum atomic E-state index is 12.6. The SMILES string of the molecule is CC(=O)Oc1ccc(N2C(=O)[C@H]3C[C@@H](C)CC[C@H]3C2=O)cc1. The molecule has 0 radical (unpaired) electrons. The molecule has 2 fully saturated rings. The van der Waals surface area contributed by atoms with Crippen molar-refractivity contribution in [2.24, 2.45) is 17.8 Å². The molecular weight excluding hydrogens is 282 g/mol. The molecule has 3 atom stereocenters. The Hall–Kier alpha value is -2.17. The van der Waals surface area contributed by atoms with Gasteiger partial charge in [-0.3, -0.25) is 19.3 Å². The molecule has 1 aliphatic carbocycles. The van der Waals surface area contributed by atoms with E-state index in [1.807, 2.05) is 0 Å². The number of rotatable bonds is 2. The molecule has 0 unspecified atom stereocenters. The molecule has 1 saturated heterocycles. The van der Waals surface area contributed by atoms with E-state index >= 15 is 0 Å². The Morgan fingerprint density at radius 3 is 2.36 bits per heavy atom. The Bertz CT molecular complexity index is 622. The molecule has 116 valence electrons. The van der Waals surface area contributed by atoms with Crippen molar-refractivity contribution in [3.8, 4) is 5.75 Å². The third kappa shape index (κ3) is 2.51. The van der Waals surface area contributed by atoms with E-state index in [1.165, 1.54) is 11.8 Å². The highest BCUT2D eigenvalue weighted by atomic mass is 16.5. The molecule has 1 aromatic carbocycles. The number of fused-ring (bicyclic) bond motifs is 1. The van der Waals surface area contributed by atoms with Crippen LogP contribution in [0.3, 0.4) is 0 Å². The first-order valence-electron chi connectivity index (χ1n) is 7.63. The number of carbonyl (C=O) groups excluding carboxylic acids is 3. The molecule has 0 bridgehead atoms. The molecule has 1 saturated carbocycles. The van der Waals surface area contributed by atoms with Gasteiger partial charge in [-0.05, 0) is 49.4 Å². The van der Waals surface area contributed by atoms with Crippen LogP contribution >= 0.6 is 0 Å². The molecule has 0 N–H and O–H groups in total. The van der Waals surface area contributed by atoms with Gasteiger partial charge >= 0.3 is 5.97 Å². The van der Waals surface area contributed by atoms with Gasteiger partial charge in [0.15, 0.2) is 0 Å². The maximum absolute atomic E-state index is 12.6. The molecule has 2 amide bonds. The van der Waals surface area contributed by atoms with E-state index in [0.29, 0.717) is 17.4 Å². The molecule has 3 rings (SSSR count). The normalized spacial score (nSPS) is 27.7. The Balaban J connectivity index is 1.83. The maximum Gasteiger partial charge on any atom is 0.308 e. The van der Waals surface area contributed by atoms with Crippen molar-refractivity contribution >= 4 is 23.5 Å². The predicted molar refractivity (Wildman–Crippen MR) is 80.2 cm³/mol. The summed E-state index contributed by atoms with van der Waals surface area (Å²) >= 11 is 0. The van der Waals surface area contributed by atoms with Crippen LogP contribution in [0.15, 0.2) is 24.3 Å². The molecular formula is C17H19NO4. The van der Waals surface area contributed by atoms with Gasteiger partial charge in [-0.1, -0.05) is 6.92 Å². The lowest BCUT2D eigenvalue weighted by molar-refractivity contribution is -0.132. The summed E-state index contributed by atoms with van der Waals surface area (Å²) < 4.78 is 4.97. The van der Waals surface area contributed by atoms with Crippen molar-refractivity contribution < 1.29 is 19.1 Å². The van der Waals surface area contributed by atoms with Crippen LogP contribution in [0.2, 0.25) is 0 Å². The van der Waals surface area contributed by atoms with E-state index in [9.17, 15) is 14.4 Å². The quantitative estimate of drug-likeness (QED) is 0.478. The Kier molecular flexibility index (Phi) is 3.72. The third-order valence-electron chi connectivity index (χ3n) is 4.54. The van der Waals surface area contributed by atoms with Gasteiger partial charge < -0.3 is 4.74 Å². The van der Waals surface area contributed by atoms with Crippen LogP contribution < -0.4 is 9.64 Å². The van der Waals surface area contributed by atoms with Crippen LogP contribution in [0.1, 0.15) is 33.1 Å². The Labute approximate surface area is 129 Å². The molecule has 5 nitrogen and oxygen atoms in total. The van der Waals surface area contributed by atoms with Crippen molar-refractivity contribution in [2.75, 3.05) is 4.90 Å². The summed E-state index contributed by atoms with van der Waals surface area (Å²) in [5, 5.41) is 0. The minimum absolute atomic E-state index is 0.0952. The zero-order valence-corrected chi connectivity index (χ0v) is 12.7. The molecule has 2 aliphatic rings. The second-order valence-corrected chi connectivity index (χ2v) is 6.23. The van der Waals surface area contributed by atoms with Gasteiger partial charge in [-0.15, -0.1) is 0 Å².